The highest BCUT2D eigenvalue weighted by atomic mass is 35.5. The van der Waals surface area contributed by atoms with E-state index >= 15 is 0 Å². The van der Waals surface area contributed by atoms with Gasteiger partial charge in [0.1, 0.15) is 0 Å². The lowest BCUT2D eigenvalue weighted by Crippen LogP contribution is -2.28. The molecule has 0 aliphatic rings. The van der Waals surface area contributed by atoms with E-state index in [9.17, 15) is 18.0 Å². The summed E-state index contributed by atoms with van der Waals surface area (Å²) in [6, 6.07) is 0.812. The quantitative estimate of drug-likeness (QED) is 0.853. The topological polar surface area (TPSA) is 55.6 Å². The monoisotopic (exact) mass is 335 g/mol. The number of carbonyl (C=O) groups excluding carboxylic acids is 1. The third-order valence-electron chi connectivity index (χ3n) is 2.85. The molecule has 22 heavy (non-hydrogen) atoms. The van der Waals surface area contributed by atoms with E-state index < -0.39 is 11.7 Å². The zero-order valence-corrected chi connectivity index (χ0v) is 12.3. The lowest BCUT2D eigenvalue weighted by atomic mass is 10.3. The van der Waals surface area contributed by atoms with E-state index in [2.05, 4.69) is 10.3 Å². The predicted octanol–water partition coefficient (Wildman–Crippen LogP) is 2.31. The van der Waals surface area contributed by atoms with Gasteiger partial charge < -0.3 is 14.5 Å². The highest BCUT2D eigenvalue weighted by molar-refractivity contribution is 6.33. The lowest BCUT2D eigenvalue weighted by molar-refractivity contribution is -0.137. The molecule has 1 N–H and O–H groups in total. The van der Waals surface area contributed by atoms with Crippen LogP contribution in [0, 0.1) is 0 Å². The van der Waals surface area contributed by atoms with Crippen molar-refractivity contribution < 1.29 is 22.7 Å². The number of nitrogens with one attached hydrogen (secondary N) is 1. The summed E-state index contributed by atoms with van der Waals surface area (Å²) < 4.78 is 44.1. The molecular formula is C13H13ClF3N3O2. The lowest BCUT2D eigenvalue weighted by Gasteiger charge is -2.07. The molecule has 0 radical (unpaired) electrons. The van der Waals surface area contributed by atoms with Crippen LogP contribution in [0.2, 0.25) is 5.02 Å². The molecule has 0 bridgehead atoms. The van der Waals surface area contributed by atoms with Crippen molar-refractivity contribution in [3.05, 3.63) is 34.7 Å². The zero-order chi connectivity index (χ0) is 16.3. The minimum absolute atomic E-state index is 0.0525. The molecule has 0 atom stereocenters. The molecule has 0 aromatic carbocycles. The van der Waals surface area contributed by atoms with Gasteiger partial charge >= 0.3 is 6.18 Å². The van der Waals surface area contributed by atoms with Crippen LogP contribution < -0.4 is 5.32 Å². The number of carbonyl (C=O) groups is 1. The number of fused-ring (bicyclic) bond motifs is 1. The van der Waals surface area contributed by atoms with Gasteiger partial charge in [0, 0.05) is 26.0 Å². The van der Waals surface area contributed by atoms with Crippen molar-refractivity contribution in [2.45, 2.75) is 12.6 Å². The third-order valence-corrected chi connectivity index (χ3v) is 3.13. The molecule has 0 aliphatic carbocycles. The maximum Gasteiger partial charge on any atom is 0.417 e. The first-order valence-corrected chi connectivity index (χ1v) is 6.69. The van der Waals surface area contributed by atoms with Gasteiger partial charge in [0.25, 0.3) is 0 Å². The average Bonchev–Trinajstić information content (AvgIpc) is 2.81. The fraction of sp³-hybridized carbons (Fsp3) is 0.385. The Morgan fingerprint density at radius 1 is 1.45 bits per heavy atom. The molecule has 2 heterocycles. The predicted molar refractivity (Wildman–Crippen MR) is 73.8 cm³/mol. The summed E-state index contributed by atoms with van der Waals surface area (Å²) in [4.78, 5) is 15.7. The Balaban J connectivity index is 2.20. The number of alkyl halides is 3. The molecule has 0 saturated carbocycles. The van der Waals surface area contributed by atoms with Crippen molar-refractivity contribution >= 4 is 23.2 Å². The number of ether oxygens (including phenoxy) is 1. The summed E-state index contributed by atoms with van der Waals surface area (Å²) in [5.41, 5.74) is -0.371. The zero-order valence-electron chi connectivity index (χ0n) is 11.6. The summed E-state index contributed by atoms with van der Waals surface area (Å²) in [5.74, 6) is -0.298. The Hall–Kier alpha value is -1.80. The van der Waals surface area contributed by atoms with Crippen LogP contribution in [0.25, 0.3) is 5.65 Å². The summed E-state index contributed by atoms with van der Waals surface area (Å²) in [7, 11) is 1.51. The Labute approximate surface area is 129 Å². The molecule has 2 aromatic rings. The Kier molecular flexibility index (Phi) is 4.92. The van der Waals surface area contributed by atoms with Gasteiger partial charge in [-0.15, -0.1) is 0 Å². The van der Waals surface area contributed by atoms with Gasteiger partial charge in [-0.1, -0.05) is 11.6 Å². The number of rotatable bonds is 5. The number of halogens is 4. The second-order valence-electron chi connectivity index (χ2n) is 4.56. The molecule has 0 fully saturated rings. The van der Waals surface area contributed by atoms with Crippen LogP contribution in [0.5, 0.6) is 0 Å². The van der Waals surface area contributed by atoms with Crippen molar-refractivity contribution in [2.24, 2.45) is 0 Å². The van der Waals surface area contributed by atoms with Crippen molar-refractivity contribution in [1.29, 1.82) is 0 Å². The molecule has 2 aromatic heterocycles. The Bertz CT molecular complexity index is 685. The van der Waals surface area contributed by atoms with Gasteiger partial charge in [-0.2, -0.15) is 13.2 Å². The molecule has 120 valence electrons. The minimum atomic E-state index is -4.50. The van der Waals surface area contributed by atoms with Crippen LogP contribution in [0.3, 0.4) is 0 Å². The smallest absolute Gasteiger partial charge is 0.383 e. The summed E-state index contributed by atoms with van der Waals surface area (Å²) in [6.07, 6.45) is -2.31. The number of amides is 1. The van der Waals surface area contributed by atoms with Gasteiger partial charge in [0.2, 0.25) is 5.91 Å². The fourth-order valence-electron chi connectivity index (χ4n) is 1.87. The van der Waals surface area contributed by atoms with E-state index in [0.717, 1.165) is 12.3 Å². The molecule has 0 unspecified atom stereocenters. The molecule has 0 saturated heterocycles. The normalized spacial score (nSPS) is 11.9. The number of methoxy groups -OCH3 is 1. The van der Waals surface area contributed by atoms with Crippen LogP contribution in [0.1, 0.15) is 11.3 Å². The largest absolute Gasteiger partial charge is 0.417 e. The first-order valence-electron chi connectivity index (χ1n) is 6.31. The Morgan fingerprint density at radius 3 is 2.82 bits per heavy atom. The van der Waals surface area contributed by atoms with Gasteiger partial charge in [-0.05, 0) is 6.07 Å². The highest BCUT2D eigenvalue weighted by Gasteiger charge is 2.31. The minimum Gasteiger partial charge on any atom is -0.383 e. The first kappa shape index (κ1) is 16.6. The Morgan fingerprint density at radius 2 is 2.18 bits per heavy atom. The molecule has 2 rings (SSSR count). The van der Waals surface area contributed by atoms with Gasteiger partial charge in [0.05, 0.1) is 29.3 Å². The van der Waals surface area contributed by atoms with Crippen LogP contribution in [0.4, 0.5) is 13.2 Å². The van der Waals surface area contributed by atoms with Gasteiger partial charge in [0.15, 0.2) is 5.65 Å². The number of hydrogen-bond acceptors (Lipinski definition) is 3. The molecular weight excluding hydrogens is 323 g/mol. The molecule has 9 heteroatoms. The van der Waals surface area contributed by atoms with Crippen LogP contribution >= 0.6 is 11.6 Å². The van der Waals surface area contributed by atoms with E-state index in [-0.39, 0.29) is 23.0 Å². The maximum atomic E-state index is 12.7. The SMILES string of the molecule is COCCNC(=O)Cc1cn2cc(C(F)(F)F)cc(Cl)c2n1. The second kappa shape index (κ2) is 6.53. The first-order chi connectivity index (χ1) is 10.3. The van der Waals surface area contributed by atoms with Crippen molar-refractivity contribution in [3.8, 4) is 0 Å². The van der Waals surface area contributed by atoms with E-state index in [1.165, 1.54) is 17.7 Å². The van der Waals surface area contributed by atoms with Crippen molar-refractivity contribution in [3.63, 3.8) is 0 Å². The van der Waals surface area contributed by atoms with E-state index in [1.807, 2.05) is 0 Å². The van der Waals surface area contributed by atoms with Crippen LogP contribution in [0.15, 0.2) is 18.5 Å². The molecule has 5 nitrogen and oxygen atoms in total. The number of hydrogen-bond donors (Lipinski definition) is 1. The van der Waals surface area contributed by atoms with E-state index in [1.54, 1.807) is 0 Å². The summed E-state index contributed by atoms with van der Waals surface area (Å²) >= 11 is 5.82. The van der Waals surface area contributed by atoms with Crippen LogP contribution in [-0.4, -0.2) is 35.6 Å². The molecule has 0 spiro atoms. The summed E-state index contributed by atoms with van der Waals surface area (Å²) in [6.45, 7) is 0.722. The second-order valence-corrected chi connectivity index (χ2v) is 4.96. The number of imidazole rings is 1. The number of pyridine rings is 1. The summed E-state index contributed by atoms with van der Waals surface area (Å²) in [5, 5.41) is 2.48. The van der Waals surface area contributed by atoms with Crippen LogP contribution in [-0.2, 0) is 22.1 Å². The van der Waals surface area contributed by atoms with E-state index in [4.69, 9.17) is 16.3 Å². The maximum absolute atomic E-state index is 12.7. The van der Waals surface area contributed by atoms with Crippen molar-refractivity contribution in [2.75, 3.05) is 20.3 Å². The van der Waals surface area contributed by atoms with Gasteiger partial charge in [-0.25, -0.2) is 4.98 Å². The molecule has 0 aliphatic heterocycles. The van der Waals surface area contributed by atoms with Gasteiger partial charge in [-0.3, -0.25) is 4.79 Å². The average molecular weight is 336 g/mol. The number of aromatic nitrogens is 2. The third kappa shape index (κ3) is 3.89. The fourth-order valence-corrected chi connectivity index (χ4v) is 2.12. The highest BCUT2D eigenvalue weighted by Crippen LogP contribution is 2.32. The number of nitrogens with zero attached hydrogens (tertiary/aromatic N) is 2. The van der Waals surface area contributed by atoms with E-state index in [0.29, 0.717) is 18.8 Å². The van der Waals surface area contributed by atoms with Crippen molar-refractivity contribution in [1.82, 2.24) is 14.7 Å². The molecule has 1 amide bonds. The standard InChI is InChI=1S/C13H13ClF3N3O2/c1-22-3-2-18-11(21)5-9-7-20-6-8(13(15,16)17)4-10(14)12(20)19-9/h4,6-7H,2-3,5H2,1H3,(H,18,21).